The Balaban J connectivity index is 1.88. The normalized spacial score (nSPS) is 16.5. The first-order valence-electron chi connectivity index (χ1n) is 8.31. The lowest BCUT2D eigenvalue weighted by Crippen LogP contribution is -2.24. The molecule has 0 aromatic carbocycles. The first-order chi connectivity index (χ1) is 12.8. The first kappa shape index (κ1) is 16.7. The van der Waals surface area contributed by atoms with E-state index in [9.17, 15) is 5.11 Å². The summed E-state index contributed by atoms with van der Waals surface area (Å²) in [4.78, 5) is 15.2. The van der Waals surface area contributed by atoms with Crippen LogP contribution in [-0.4, -0.2) is 35.3 Å². The van der Waals surface area contributed by atoms with Gasteiger partial charge in [0, 0.05) is 30.3 Å². The number of hydrogen-bond donors (Lipinski definition) is 2. The number of hydrogen-bond acceptors (Lipinski definition) is 7. The topological polar surface area (TPSA) is 83.0 Å². The number of aliphatic hydroxyl groups is 1. The van der Waals surface area contributed by atoms with Crippen molar-refractivity contribution in [1.82, 2.24) is 10.3 Å². The molecule has 4 heterocycles. The average Bonchev–Trinajstić information content (AvgIpc) is 3.32. The van der Waals surface area contributed by atoms with E-state index in [0.717, 1.165) is 27.6 Å². The molecule has 0 spiro atoms. The number of aliphatic hydroxyl groups excluding tert-OH is 1. The van der Waals surface area contributed by atoms with Gasteiger partial charge < -0.3 is 14.8 Å². The molecule has 0 amide bonds. The fourth-order valence-corrected chi connectivity index (χ4v) is 3.89. The molecule has 1 unspecified atom stereocenters. The predicted octanol–water partition coefficient (Wildman–Crippen LogP) is 3.11. The zero-order valence-corrected chi connectivity index (χ0v) is 15.0. The number of likely N-dealkylation sites (N-methyl/N-ethyl adjacent to an activating group) is 1. The number of pyridine rings is 1. The van der Waals surface area contributed by atoms with E-state index in [1.807, 2.05) is 31.3 Å². The van der Waals surface area contributed by atoms with Gasteiger partial charge in [0.25, 0.3) is 0 Å². The zero-order valence-electron chi connectivity index (χ0n) is 14.2. The average molecular weight is 366 g/mol. The Bertz CT molecular complexity index is 960. The third kappa shape index (κ3) is 3.07. The molecule has 2 N–H and O–H groups in total. The molecule has 7 heteroatoms. The van der Waals surface area contributed by atoms with Crippen molar-refractivity contribution in [2.45, 2.75) is 12.5 Å². The molecule has 1 aliphatic heterocycles. The van der Waals surface area contributed by atoms with Crippen molar-refractivity contribution in [2.24, 2.45) is 9.98 Å². The fourth-order valence-electron chi connectivity index (χ4n) is 2.90. The lowest BCUT2D eigenvalue weighted by Gasteiger charge is -2.13. The van der Waals surface area contributed by atoms with Gasteiger partial charge >= 0.3 is 0 Å². The van der Waals surface area contributed by atoms with Crippen molar-refractivity contribution in [2.75, 3.05) is 13.7 Å². The van der Waals surface area contributed by atoms with Crippen LogP contribution in [0.15, 0.2) is 62.6 Å². The van der Waals surface area contributed by atoms with Gasteiger partial charge in [0.2, 0.25) is 0 Å². The second-order valence-electron chi connectivity index (χ2n) is 5.81. The number of nitrogens with one attached hydrogen (secondary N) is 1. The van der Waals surface area contributed by atoms with Crippen LogP contribution < -0.4 is 5.32 Å². The van der Waals surface area contributed by atoms with Crippen molar-refractivity contribution < 1.29 is 9.52 Å². The molecule has 0 fully saturated rings. The van der Waals surface area contributed by atoms with E-state index < -0.39 is 0 Å². The Kier molecular flexibility index (Phi) is 4.64. The number of aromatic nitrogens is 1. The molecule has 1 atom stereocenters. The molecule has 0 aliphatic carbocycles. The molecule has 132 valence electrons. The van der Waals surface area contributed by atoms with Crippen LogP contribution in [0.4, 0.5) is 5.82 Å². The number of rotatable bonds is 4. The Morgan fingerprint density at radius 2 is 2.23 bits per heavy atom. The summed E-state index contributed by atoms with van der Waals surface area (Å²) in [6.07, 6.45) is 3.99. The maximum absolute atomic E-state index is 9.19. The largest absolute Gasteiger partial charge is 0.463 e. The molecule has 0 saturated heterocycles. The number of thiophene rings is 1. The minimum Gasteiger partial charge on any atom is -0.463 e. The van der Waals surface area contributed by atoms with Gasteiger partial charge in [-0.05, 0) is 47.7 Å². The monoisotopic (exact) mass is 366 g/mol. The van der Waals surface area contributed by atoms with Crippen molar-refractivity contribution in [3.63, 3.8) is 0 Å². The van der Waals surface area contributed by atoms with Crippen molar-refractivity contribution >= 4 is 28.7 Å². The summed E-state index contributed by atoms with van der Waals surface area (Å²) in [5.74, 6) is 2.02. The Morgan fingerprint density at radius 3 is 3.00 bits per heavy atom. The standard InChI is InChI=1S/C19H18N4O2S/c1-20-19-17(15-10-12(6-8-24)11-26-15)22-16(14-5-3-9-25-14)13-4-2-7-21-18(13)23-19/h2-5,7,9-11,17,24H,6,8H2,1H3,(H,20,21,23). The molecular formula is C19H18N4O2S. The minimum absolute atomic E-state index is 0.129. The van der Waals surface area contributed by atoms with Crippen LogP contribution in [0.25, 0.3) is 0 Å². The number of amidine groups is 1. The molecule has 0 bridgehead atoms. The van der Waals surface area contributed by atoms with Crippen LogP contribution >= 0.6 is 11.3 Å². The summed E-state index contributed by atoms with van der Waals surface area (Å²) in [6.45, 7) is 0.129. The van der Waals surface area contributed by atoms with Crippen molar-refractivity contribution in [3.05, 3.63) is 69.9 Å². The van der Waals surface area contributed by atoms with E-state index in [4.69, 9.17) is 14.4 Å². The van der Waals surface area contributed by atoms with Gasteiger partial charge in [0.1, 0.15) is 17.6 Å². The first-order valence-corrected chi connectivity index (χ1v) is 9.19. The van der Waals surface area contributed by atoms with Gasteiger partial charge in [-0.15, -0.1) is 11.3 Å². The molecular weight excluding hydrogens is 348 g/mol. The maximum atomic E-state index is 9.19. The highest BCUT2D eigenvalue weighted by Crippen LogP contribution is 2.33. The zero-order chi connectivity index (χ0) is 17.9. The summed E-state index contributed by atoms with van der Waals surface area (Å²) in [5.41, 5.74) is 2.66. The summed E-state index contributed by atoms with van der Waals surface area (Å²) in [7, 11) is 1.84. The van der Waals surface area contributed by atoms with Crippen molar-refractivity contribution in [3.8, 4) is 0 Å². The number of nitrogens with zero attached hydrogens (tertiary/aromatic N) is 3. The van der Waals surface area contributed by atoms with Crippen LogP contribution in [0.2, 0.25) is 0 Å². The van der Waals surface area contributed by atoms with Gasteiger partial charge in [-0.3, -0.25) is 4.99 Å². The summed E-state index contributed by atoms with van der Waals surface area (Å²) >= 11 is 1.61. The number of furan rings is 1. The number of aliphatic imine (C=N–C) groups is 2. The van der Waals surface area contributed by atoms with E-state index in [1.54, 1.807) is 23.8 Å². The molecule has 0 radical (unpaired) electrons. The molecule has 3 aromatic heterocycles. The third-order valence-corrected chi connectivity index (χ3v) is 5.17. The Morgan fingerprint density at radius 1 is 1.31 bits per heavy atom. The molecule has 0 saturated carbocycles. The van der Waals surface area contributed by atoms with Gasteiger partial charge in [-0.25, -0.2) is 9.98 Å². The quantitative estimate of drug-likeness (QED) is 0.743. The Labute approximate surface area is 155 Å². The van der Waals surface area contributed by atoms with Gasteiger partial charge in [-0.2, -0.15) is 0 Å². The van der Waals surface area contributed by atoms with Crippen LogP contribution in [0.5, 0.6) is 0 Å². The van der Waals surface area contributed by atoms with E-state index in [-0.39, 0.29) is 12.6 Å². The number of fused-ring (bicyclic) bond motifs is 1. The van der Waals surface area contributed by atoms with Crippen LogP contribution in [-0.2, 0) is 6.42 Å². The smallest absolute Gasteiger partial charge is 0.163 e. The van der Waals surface area contributed by atoms with E-state index in [1.165, 1.54) is 0 Å². The molecule has 6 nitrogen and oxygen atoms in total. The Hall–Kier alpha value is -2.77. The highest BCUT2D eigenvalue weighted by Gasteiger charge is 2.26. The maximum Gasteiger partial charge on any atom is 0.163 e. The fraction of sp³-hybridized carbons (Fsp3) is 0.211. The van der Waals surface area contributed by atoms with Crippen molar-refractivity contribution in [1.29, 1.82) is 0 Å². The van der Waals surface area contributed by atoms with E-state index >= 15 is 0 Å². The predicted molar refractivity (Wildman–Crippen MR) is 103 cm³/mol. The highest BCUT2D eigenvalue weighted by atomic mass is 32.1. The van der Waals surface area contributed by atoms with Gasteiger partial charge in [0.15, 0.2) is 11.6 Å². The second kappa shape index (κ2) is 7.23. The molecule has 1 aliphatic rings. The minimum atomic E-state index is -0.285. The van der Waals surface area contributed by atoms with Crippen LogP contribution in [0, 0.1) is 0 Å². The van der Waals surface area contributed by atoms with Crippen LogP contribution in [0.1, 0.15) is 27.8 Å². The highest BCUT2D eigenvalue weighted by molar-refractivity contribution is 7.10. The molecule has 26 heavy (non-hydrogen) atoms. The second-order valence-corrected chi connectivity index (χ2v) is 6.75. The lowest BCUT2D eigenvalue weighted by molar-refractivity contribution is 0.300. The van der Waals surface area contributed by atoms with Gasteiger partial charge in [0.05, 0.1) is 6.26 Å². The summed E-state index contributed by atoms with van der Waals surface area (Å²) in [5, 5.41) is 14.4. The molecule has 4 rings (SSSR count). The van der Waals surface area contributed by atoms with E-state index in [0.29, 0.717) is 18.0 Å². The SMILES string of the molecule is CNC1=Nc2ncccc2C(c2ccco2)=NC1c1cc(CCO)cs1. The summed E-state index contributed by atoms with van der Waals surface area (Å²) in [6, 6.07) is 9.35. The van der Waals surface area contributed by atoms with Gasteiger partial charge in [-0.1, -0.05) is 0 Å². The lowest BCUT2D eigenvalue weighted by atomic mass is 10.1. The summed E-state index contributed by atoms with van der Waals surface area (Å²) < 4.78 is 5.62. The molecule has 3 aromatic rings. The van der Waals surface area contributed by atoms with Crippen LogP contribution in [0.3, 0.4) is 0 Å². The third-order valence-electron chi connectivity index (χ3n) is 4.14. The van der Waals surface area contributed by atoms with E-state index in [2.05, 4.69) is 21.7 Å².